The minimum absolute atomic E-state index is 0.593. The van der Waals surface area contributed by atoms with Gasteiger partial charge in [-0.25, -0.2) is 9.97 Å². The van der Waals surface area contributed by atoms with E-state index >= 15 is 0 Å². The van der Waals surface area contributed by atoms with Crippen molar-refractivity contribution < 1.29 is 0 Å². The van der Waals surface area contributed by atoms with Crippen molar-refractivity contribution in [3.63, 3.8) is 0 Å². The minimum Gasteiger partial charge on any atom is -0.375 e. The van der Waals surface area contributed by atoms with Crippen molar-refractivity contribution in [3.8, 4) is 20.3 Å². The van der Waals surface area contributed by atoms with Gasteiger partial charge in [-0.1, -0.05) is 47.7 Å². The van der Waals surface area contributed by atoms with Gasteiger partial charge >= 0.3 is 0 Å². The van der Waals surface area contributed by atoms with Crippen LogP contribution in [0.4, 0.5) is 5.13 Å². The van der Waals surface area contributed by atoms with Crippen LogP contribution in [-0.2, 0) is 0 Å². The first-order valence-electron chi connectivity index (χ1n) is 6.89. The molecule has 22 heavy (non-hydrogen) atoms. The zero-order valence-corrected chi connectivity index (χ0v) is 13.5. The van der Waals surface area contributed by atoms with Gasteiger partial charge in [-0.15, -0.1) is 11.3 Å². The molecular weight excluding hydrogens is 310 g/mol. The van der Waals surface area contributed by atoms with Gasteiger partial charge in [0.05, 0.1) is 15.4 Å². The monoisotopic (exact) mass is 323 g/mol. The SMILES string of the molecule is Cc1nc(-c2ccc3ccccc3c2)sc1-c1cnc(N)s1. The Hall–Kier alpha value is -2.24. The maximum absolute atomic E-state index is 5.74. The third kappa shape index (κ3) is 2.28. The number of fused-ring (bicyclic) bond motifs is 1. The van der Waals surface area contributed by atoms with Gasteiger partial charge in [-0.2, -0.15) is 0 Å². The molecule has 0 radical (unpaired) electrons. The Morgan fingerprint density at radius 1 is 1.00 bits per heavy atom. The minimum atomic E-state index is 0.593. The lowest BCUT2D eigenvalue weighted by molar-refractivity contribution is 1.27. The first-order chi connectivity index (χ1) is 10.7. The Morgan fingerprint density at radius 3 is 2.59 bits per heavy atom. The zero-order valence-electron chi connectivity index (χ0n) is 11.9. The molecule has 2 heterocycles. The van der Waals surface area contributed by atoms with Crippen LogP contribution in [0.2, 0.25) is 0 Å². The topological polar surface area (TPSA) is 51.8 Å². The van der Waals surface area contributed by atoms with Crippen LogP contribution < -0.4 is 5.73 Å². The van der Waals surface area contributed by atoms with Gasteiger partial charge in [-0.05, 0) is 23.8 Å². The Balaban J connectivity index is 1.81. The molecule has 2 aromatic heterocycles. The normalized spacial score (nSPS) is 11.1. The fourth-order valence-corrected chi connectivity index (χ4v) is 4.36. The molecule has 0 spiro atoms. The molecular formula is C17H13N3S2. The van der Waals surface area contributed by atoms with Gasteiger partial charge in [-0.3, -0.25) is 0 Å². The highest BCUT2D eigenvalue weighted by Gasteiger charge is 2.13. The molecule has 0 amide bonds. The molecule has 0 aliphatic rings. The van der Waals surface area contributed by atoms with Crippen LogP contribution in [-0.4, -0.2) is 9.97 Å². The van der Waals surface area contributed by atoms with E-state index in [-0.39, 0.29) is 0 Å². The molecule has 2 N–H and O–H groups in total. The average Bonchev–Trinajstić information content (AvgIpc) is 3.12. The molecule has 0 aliphatic carbocycles. The molecule has 0 unspecified atom stereocenters. The fourth-order valence-electron chi connectivity index (χ4n) is 2.46. The van der Waals surface area contributed by atoms with Crippen LogP contribution in [0, 0.1) is 6.92 Å². The smallest absolute Gasteiger partial charge is 0.180 e. The Labute approximate surface area is 136 Å². The highest BCUT2D eigenvalue weighted by molar-refractivity contribution is 7.25. The number of nitrogens with zero attached hydrogens (tertiary/aromatic N) is 2. The van der Waals surface area contributed by atoms with Gasteiger partial charge in [0.25, 0.3) is 0 Å². The van der Waals surface area contributed by atoms with Crippen molar-refractivity contribution in [2.45, 2.75) is 6.92 Å². The summed E-state index contributed by atoms with van der Waals surface area (Å²) in [7, 11) is 0. The van der Waals surface area contributed by atoms with Gasteiger partial charge in [0.1, 0.15) is 5.01 Å². The van der Waals surface area contributed by atoms with E-state index in [1.165, 1.54) is 22.1 Å². The summed E-state index contributed by atoms with van der Waals surface area (Å²) in [4.78, 5) is 11.1. The molecule has 0 fully saturated rings. The predicted molar refractivity (Wildman–Crippen MR) is 95.3 cm³/mol. The van der Waals surface area contributed by atoms with E-state index in [4.69, 9.17) is 10.7 Å². The van der Waals surface area contributed by atoms with Crippen molar-refractivity contribution >= 4 is 38.6 Å². The molecule has 2 aromatic carbocycles. The van der Waals surface area contributed by atoms with Crippen LogP contribution in [0.5, 0.6) is 0 Å². The molecule has 0 saturated heterocycles. The third-order valence-corrected chi connectivity index (χ3v) is 5.75. The van der Waals surface area contributed by atoms with E-state index in [9.17, 15) is 0 Å². The zero-order chi connectivity index (χ0) is 15.1. The Bertz CT molecular complexity index is 969. The molecule has 0 saturated carbocycles. The summed E-state index contributed by atoms with van der Waals surface area (Å²) in [6.07, 6.45) is 1.82. The lowest BCUT2D eigenvalue weighted by Gasteiger charge is -2.00. The number of thiazole rings is 2. The molecule has 0 atom stereocenters. The van der Waals surface area contributed by atoms with E-state index in [1.807, 2.05) is 13.1 Å². The number of benzene rings is 2. The first kappa shape index (κ1) is 13.4. The number of nitrogens with two attached hydrogens (primary N) is 1. The van der Waals surface area contributed by atoms with Gasteiger partial charge in [0.2, 0.25) is 0 Å². The van der Waals surface area contributed by atoms with Gasteiger partial charge < -0.3 is 5.73 Å². The van der Waals surface area contributed by atoms with Crippen LogP contribution in [0.3, 0.4) is 0 Å². The lowest BCUT2D eigenvalue weighted by atomic mass is 10.1. The van der Waals surface area contributed by atoms with Crippen LogP contribution >= 0.6 is 22.7 Å². The first-order valence-corrected chi connectivity index (χ1v) is 8.52. The number of hydrogen-bond acceptors (Lipinski definition) is 5. The van der Waals surface area contributed by atoms with Crippen LogP contribution in [0.25, 0.3) is 31.1 Å². The van der Waals surface area contributed by atoms with E-state index in [1.54, 1.807) is 11.3 Å². The predicted octanol–water partition coefficient (Wildman–Crippen LogP) is 4.98. The lowest BCUT2D eigenvalue weighted by Crippen LogP contribution is -1.78. The molecule has 3 nitrogen and oxygen atoms in total. The summed E-state index contributed by atoms with van der Waals surface area (Å²) in [5.74, 6) is 0. The number of aryl methyl sites for hydroxylation is 1. The summed E-state index contributed by atoms with van der Waals surface area (Å²) in [5.41, 5.74) is 7.91. The molecule has 4 aromatic rings. The van der Waals surface area contributed by atoms with Crippen molar-refractivity contribution in [1.82, 2.24) is 9.97 Å². The molecule has 0 bridgehead atoms. The van der Waals surface area contributed by atoms with Crippen molar-refractivity contribution in [2.24, 2.45) is 0 Å². The number of aromatic nitrogens is 2. The summed E-state index contributed by atoms with van der Waals surface area (Å²) in [5, 5.41) is 4.10. The number of rotatable bonds is 2. The third-order valence-electron chi connectivity index (χ3n) is 3.54. The summed E-state index contributed by atoms with van der Waals surface area (Å²) >= 11 is 3.19. The maximum Gasteiger partial charge on any atom is 0.180 e. The summed E-state index contributed by atoms with van der Waals surface area (Å²) in [6.45, 7) is 2.03. The van der Waals surface area contributed by atoms with E-state index in [0.29, 0.717) is 5.13 Å². The Morgan fingerprint density at radius 2 is 1.82 bits per heavy atom. The summed E-state index contributed by atoms with van der Waals surface area (Å²) < 4.78 is 0. The second-order valence-corrected chi connectivity index (χ2v) is 7.12. The standard InChI is InChI=1S/C17H13N3S2/c1-10-15(14-9-19-17(18)21-14)22-16(20-10)13-7-6-11-4-2-3-5-12(11)8-13/h2-9H,1H3,(H2,18,19). The highest BCUT2D eigenvalue weighted by Crippen LogP contribution is 2.38. The second kappa shape index (κ2) is 5.19. The molecule has 108 valence electrons. The number of anilines is 1. The highest BCUT2D eigenvalue weighted by atomic mass is 32.1. The fraction of sp³-hybridized carbons (Fsp3) is 0.0588. The van der Waals surface area contributed by atoms with Crippen molar-refractivity contribution in [2.75, 3.05) is 5.73 Å². The van der Waals surface area contributed by atoms with E-state index in [2.05, 4.69) is 47.4 Å². The quantitative estimate of drug-likeness (QED) is 0.566. The Kier molecular flexibility index (Phi) is 3.17. The van der Waals surface area contributed by atoms with Crippen molar-refractivity contribution in [3.05, 3.63) is 54.4 Å². The molecule has 0 aliphatic heterocycles. The molecule has 4 rings (SSSR count). The average molecular weight is 323 g/mol. The largest absolute Gasteiger partial charge is 0.375 e. The molecule has 5 heteroatoms. The van der Waals surface area contributed by atoms with Crippen LogP contribution in [0.15, 0.2) is 48.7 Å². The maximum atomic E-state index is 5.74. The van der Waals surface area contributed by atoms with E-state index < -0.39 is 0 Å². The summed E-state index contributed by atoms with van der Waals surface area (Å²) in [6, 6.07) is 14.8. The van der Waals surface area contributed by atoms with Crippen LogP contribution in [0.1, 0.15) is 5.69 Å². The van der Waals surface area contributed by atoms with Crippen molar-refractivity contribution in [1.29, 1.82) is 0 Å². The van der Waals surface area contributed by atoms with E-state index in [0.717, 1.165) is 26.0 Å². The number of hydrogen-bond donors (Lipinski definition) is 1. The number of nitrogen functional groups attached to an aromatic ring is 1. The second-order valence-electron chi connectivity index (χ2n) is 5.06. The van der Waals surface area contributed by atoms with Gasteiger partial charge in [0, 0.05) is 11.8 Å². The van der Waals surface area contributed by atoms with Gasteiger partial charge in [0.15, 0.2) is 5.13 Å².